The summed E-state index contributed by atoms with van der Waals surface area (Å²) < 4.78 is 1.37. The lowest BCUT2D eigenvalue weighted by molar-refractivity contribution is 0.442. The molecule has 0 aliphatic rings. The molecule has 0 saturated carbocycles. The highest BCUT2D eigenvalue weighted by atomic mass is 32.1. The van der Waals surface area contributed by atoms with Crippen LogP contribution in [0.5, 0.6) is 0 Å². The average molecular weight is 275 g/mol. The summed E-state index contributed by atoms with van der Waals surface area (Å²) in [6.07, 6.45) is 2.47. The van der Waals surface area contributed by atoms with E-state index in [1.54, 1.807) is 0 Å². The van der Waals surface area contributed by atoms with Crippen molar-refractivity contribution in [3.8, 4) is 0 Å². The molecule has 2 aromatic rings. The third kappa shape index (κ3) is 4.24. The number of benzene rings is 1. The van der Waals surface area contributed by atoms with E-state index in [-0.39, 0.29) is 0 Å². The predicted octanol–water partition coefficient (Wildman–Crippen LogP) is 5.77. The number of fused-ring (bicyclic) bond motifs is 1. The van der Waals surface area contributed by atoms with E-state index in [1.807, 2.05) is 11.3 Å². The molecule has 0 atom stereocenters. The van der Waals surface area contributed by atoms with E-state index >= 15 is 0 Å². The molecule has 1 aromatic carbocycles. The Morgan fingerprint density at radius 2 is 1.68 bits per heavy atom. The van der Waals surface area contributed by atoms with Crippen LogP contribution in [0.2, 0.25) is 0 Å². The Labute approximate surface area is 121 Å². The van der Waals surface area contributed by atoms with Crippen molar-refractivity contribution in [1.29, 1.82) is 0 Å². The van der Waals surface area contributed by atoms with Gasteiger partial charge in [0.25, 0.3) is 0 Å². The Balaban J connectivity index is 2.10. The molecular formula is C17H25NS. The van der Waals surface area contributed by atoms with Crippen LogP contribution in [0, 0.1) is 11.8 Å². The predicted molar refractivity (Wildman–Crippen MR) is 88.1 cm³/mol. The Kier molecular flexibility index (Phi) is 4.87. The van der Waals surface area contributed by atoms with Crippen molar-refractivity contribution in [2.24, 2.45) is 11.8 Å². The fraction of sp³-hybridized carbons (Fsp3) is 0.529. The molecule has 0 radical (unpaired) electrons. The van der Waals surface area contributed by atoms with Gasteiger partial charge in [0.2, 0.25) is 0 Å². The van der Waals surface area contributed by atoms with Crippen LogP contribution in [-0.2, 0) is 0 Å². The van der Waals surface area contributed by atoms with Crippen LogP contribution in [-0.4, -0.2) is 6.04 Å². The van der Waals surface area contributed by atoms with Gasteiger partial charge < -0.3 is 5.32 Å². The van der Waals surface area contributed by atoms with E-state index in [1.165, 1.54) is 28.6 Å². The van der Waals surface area contributed by atoms with Gasteiger partial charge in [-0.3, -0.25) is 0 Å². The van der Waals surface area contributed by atoms with Gasteiger partial charge in [-0.25, -0.2) is 0 Å². The quantitative estimate of drug-likeness (QED) is 0.705. The molecular weight excluding hydrogens is 250 g/mol. The van der Waals surface area contributed by atoms with Gasteiger partial charge in [-0.05, 0) is 59.7 Å². The van der Waals surface area contributed by atoms with Crippen LogP contribution < -0.4 is 5.32 Å². The van der Waals surface area contributed by atoms with E-state index in [0.29, 0.717) is 6.04 Å². The average Bonchev–Trinajstić information content (AvgIpc) is 2.74. The minimum Gasteiger partial charge on any atom is -0.382 e. The van der Waals surface area contributed by atoms with Crippen molar-refractivity contribution < 1.29 is 0 Å². The van der Waals surface area contributed by atoms with Crippen LogP contribution in [0.3, 0.4) is 0 Å². The molecule has 0 aliphatic carbocycles. The lowest BCUT2D eigenvalue weighted by atomic mass is 9.95. The molecule has 0 aliphatic heterocycles. The number of nitrogens with one attached hydrogen (secondary N) is 1. The van der Waals surface area contributed by atoms with Crippen LogP contribution in [0.25, 0.3) is 10.1 Å². The summed E-state index contributed by atoms with van der Waals surface area (Å²) in [5.74, 6) is 1.47. The van der Waals surface area contributed by atoms with Gasteiger partial charge in [0.15, 0.2) is 0 Å². The number of rotatable bonds is 6. The summed E-state index contributed by atoms with van der Waals surface area (Å²) in [5, 5.41) is 7.24. The van der Waals surface area contributed by atoms with Crippen molar-refractivity contribution in [2.75, 3.05) is 5.32 Å². The Bertz CT molecular complexity index is 503. The Morgan fingerprint density at radius 3 is 2.32 bits per heavy atom. The fourth-order valence-corrected chi connectivity index (χ4v) is 3.42. The zero-order chi connectivity index (χ0) is 13.8. The first-order valence-electron chi connectivity index (χ1n) is 7.28. The minimum absolute atomic E-state index is 0.580. The van der Waals surface area contributed by atoms with Crippen molar-refractivity contribution in [3.63, 3.8) is 0 Å². The van der Waals surface area contributed by atoms with Gasteiger partial charge in [-0.2, -0.15) is 0 Å². The van der Waals surface area contributed by atoms with Gasteiger partial charge in [0, 0.05) is 16.4 Å². The summed E-state index contributed by atoms with van der Waals surface area (Å²) in [6.45, 7) is 9.21. The van der Waals surface area contributed by atoms with Crippen molar-refractivity contribution in [2.45, 2.75) is 46.6 Å². The zero-order valence-electron chi connectivity index (χ0n) is 12.4. The second-order valence-corrected chi connectivity index (χ2v) is 7.22. The number of thiophene rings is 1. The highest BCUT2D eigenvalue weighted by molar-refractivity contribution is 7.17. The molecule has 0 unspecified atom stereocenters. The van der Waals surface area contributed by atoms with Gasteiger partial charge in [0.05, 0.1) is 0 Å². The molecule has 0 amide bonds. The van der Waals surface area contributed by atoms with Crippen LogP contribution >= 0.6 is 11.3 Å². The summed E-state index contributed by atoms with van der Waals surface area (Å²) in [4.78, 5) is 0. The molecule has 0 spiro atoms. The molecule has 0 fully saturated rings. The van der Waals surface area contributed by atoms with E-state index in [0.717, 1.165) is 11.8 Å². The Hall–Kier alpha value is -1.02. The standard InChI is InChI=1S/C17H25NS/c1-12(2)9-16(10-13(3)4)18-15-5-6-17-14(11-15)7-8-19-17/h5-8,11-13,16,18H,9-10H2,1-4H3. The van der Waals surface area contributed by atoms with Crippen molar-refractivity contribution in [1.82, 2.24) is 0 Å². The van der Waals surface area contributed by atoms with Crippen molar-refractivity contribution >= 4 is 27.1 Å². The molecule has 2 heteroatoms. The molecule has 1 N–H and O–H groups in total. The van der Waals surface area contributed by atoms with E-state index in [2.05, 4.69) is 62.7 Å². The smallest absolute Gasteiger partial charge is 0.0349 e. The molecule has 1 heterocycles. The zero-order valence-corrected chi connectivity index (χ0v) is 13.3. The summed E-state index contributed by atoms with van der Waals surface area (Å²) in [5.41, 5.74) is 1.26. The van der Waals surface area contributed by atoms with Crippen molar-refractivity contribution in [3.05, 3.63) is 29.6 Å². The SMILES string of the molecule is CC(C)CC(CC(C)C)Nc1ccc2sccc2c1. The topological polar surface area (TPSA) is 12.0 Å². The second-order valence-electron chi connectivity index (χ2n) is 6.27. The monoisotopic (exact) mass is 275 g/mol. The van der Waals surface area contributed by atoms with E-state index in [9.17, 15) is 0 Å². The highest BCUT2D eigenvalue weighted by Crippen LogP contribution is 2.26. The highest BCUT2D eigenvalue weighted by Gasteiger charge is 2.13. The molecule has 2 rings (SSSR count). The van der Waals surface area contributed by atoms with Gasteiger partial charge >= 0.3 is 0 Å². The van der Waals surface area contributed by atoms with E-state index < -0.39 is 0 Å². The van der Waals surface area contributed by atoms with Gasteiger partial charge in [-0.15, -0.1) is 11.3 Å². The first-order valence-corrected chi connectivity index (χ1v) is 8.16. The fourth-order valence-electron chi connectivity index (χ4n) is 2.64. The van der Waals surface area contributed by atoms with E-state index in [4.69, 9.17) is 0 Å². The molecule has 0 bridgehead atoms. The number of anilines is 1. The number of hydrogen-bond donors (Lipinski definition) is 1. The van der Waals surface area contributed by atoms with Gasteiger partial charge in [0.1, 0.15) is 0 Å². The first-order chi connectivity index (χ1) is 9.04. The maximum atomic E-state index is 3.73. The first kappa shape index (κ1) is 14.4. The van der Waals surface area contributed by atoms with Crippen LogP contribution in [0.4, 0.5) is 5.69 Å². The summed E-state index contributed by atoms with van der Waals surface area (Å²) in [7, 11) is 0. The van der Waals surface area contributed by atoms with Crippen LogP contribution in [0.1, 0.15) is 40.5 Å². The third-order valence-corrected chi connectivity index (χ3v) is 4.23. The molecule has 1 aromatic heterocycles. The molecule has 19 heavy (non-hydrogen) atoms. The number of hydrogen-bond acceptors (Lipinski definition) is 2. The van der Waals surface area contributed by atoms with Gasteiger partial charge in [-0.1, -0.05) is 27.7 Å². The maximum Gasteiger partial charge on any atom is 0.0349 e. The Morgan fingerprint density at radius 1 is 1.00 bits per heavy atom. The normalized spacial score (nSPS) is 11.9. The van der Waals surface area contributed by atoms with Crippen LogP contribution in [0.15, 0.2) is 29.6 Å². The molecule has 104 valence electrons. The lowest BCUT2D eigenvalue weighted by Gasteiger charge is -2.23. The largest absolute Gasteiger partial charge is 0.382 e. The summed E-state index contributed by atoms with van der Waals surface area (Å²) >= 11 is 1.81. The molecule has 1 nitrogen and oxygen atoms in total. The molecule has 0 saturated heterocycles. The summed E-state index contributed by atoms with van der Waals surface area (Å²) in [6, 6.07) is 9.50. The second kappa shape index (κ2) is 6.42. The minimum atomic E-state index is 0.580. The third-order valence-electron chi connectivity index (χ3n) is 3.34. The lowest BCUT2D eigenvalue weighted by Crippen LogP contribution is -2.23. The maximum absolute atomic E-state index is 3.73.